The number of carbonyl (C=O) groups is 2. The molecule has 81 heavy (non-hydrogen) atoms. The number of aliphatic hydroxyl groups is 2. The fraction of sp³-hybridized carbons (Fsp3) is 0.893. The van der Waals surface area contributed by atoms with Crippen molar-refractivity contribution in [1.29, 1.82) is 0 Å². The standard InChI is InChI=1S/C75H143NO5/c1-3-5-7-9-11-13-15-17-19-20-21-34-37-40-43-47-51-55-59-63-67-73(78)72(71-77)76-74(79)68-64-60-56-52-48-44-41-38-35-32-30-28-26-24-22-23-25-27-29-31-33-36-39-42-46-50-54-58-62-66-70-81-75(80)69-65-61-57-53-49-45-18-16-14-12-10-8-6-4-2/h10,12,16,18,23,25,72-73,77-78H,3-9,11,13-15,17,19-22,24,26-71H2,1-2H3,(H,76,79)/b12-10-,18-16-,25-23-. The number of unbranched alkanes of at least 4 members (excludes halogenated alkanes) is 52. The maximum Gasteiger partial charge on any atom is 0.305 e. The molecule has 3 N–H and O–H groups in total. The number of aliphatic hydroxyl groups excluding tert-OH is 2. The number of amides is 1. The molecule has 0 rings (SSSR count). The average Bonchev–Trinajstić information content (AvgIpc) is 3.47. The van der Waals surface area contributed by atoms with Gasteiger partial charge in [0.15, 0.2) is 0 Å². The average molecular weight is 1140 g/mol. The van der Waals surface area contributed by atoms with Gasteiger partial charge < -0.3 is 20.3 Å². The molecule has 0 aliphatic heterocycles. The molecule has 6 heteroatoms. The van der Waals surface area contributed by atoms with Crippen molar-refractivity contribution in [2.75, 3.05) is 13.2 Å². The van der Waals surface area contributed by atoms with Gasteiger partial charge in [0.25, 0.3) is 0 Å². The molecule has 0 spiro atoms. The van der Waals surface area contributed by atoms with Crippen LogP contribution in [0.3, 0.4) is 0 Å². The molecule has 1 amide bonds. The highest BCUT2D eigenvalue weighted by Gasteiger charge is 2.20. The summed E-state index contributed by atoms with van der Waals surface area (Å²) >= 11 is 0. The van der Waals surface area contributed by atoms with Crippen molar-refractivity contribution in [3.05, 3.63) is 36.5 Å². The van der Waals surface area contributed by atoms with Gasteiger partial charge in [-0.2, -0.15) is 0 Å². The van der Waals surface area contributed by atoms with Crippen LogP contribution in [0.4, 0.5) is 0 Å². The van der Waals surface area contributed by atoms with E-state index in [1.165, 1.54) is 321 Å². The lowest BCUT2D eigenvalue weighted by Gasteiger charge is -2.22. The number of ether oxygens (including phenoxy) is 1. The maximum atomic E-state index is 12.5. The Morgan fingerprint density at radius 3 is 0.988 bits per heavy atom. The summed E-state index contributed by atoms with van der Waals surface area (Å²) in [5.41, 5.74) is 0. The van der Waals surface area contributed by atoms with E-state index in [9.17, 15) is 19.8 Å². The Hall–Kier alpha value is -1.92. The fourth-order valence-electron chi connectivity index (χ4n) is 11.5. The van der Waals surface area contributed by atoms with Crippen molar-refractivity contribution in [2.24, 2.45) is 0 Å². The lowest BCUT2D eigenvalue weighted by atomic mass is 10.0. The van der Waals surface area contributed by atoms with Gasteiger partial charge in [-0.3, -0.25) is 9.59 Å². The number of nitrogens with one attached hydrogen (secondary N) is 1. The van der Waals surface area contributed by atoms with Crippen molar-refractivity contribution in [1.82, 2.24) is 5.32 Å². The molecule has 0 radical (unpaired) electrons. The Balaban J connectivity index is 3.37. The molecule has 0 aromatic heterocycles. The lowest BCUT2D eigenvalue weighted by Crippen LogP contribution is -2.45. The summed E-state index contributed by atoms with van der Waals surface area (Å²) < 4.78 is 5.48. The Morgan fingerprint density at radius 2 is 0.630 bits per heavy atom. The quantitative estimate of drug-likeness (QED) is 0.0320. The van der Waals surface area contributed by atoms with Crippen LogP contribution in [0.25, 0.3) is 0 Å². The van der Waals surface area contributed by atoms with E-state index in [-0.39, 0.29) is 18.5 Å². The number of hydrogen-bond acceptors (Lipinski definition) is 5. The first-order valence-corrected chi connectivity index (χ1v) is 36.7. The second kappa shape index (κ2) is 70.6. The lowest BCUT2D eigenvalue weighted by molar-refractivity contribution is -0.143. The van der Waals surface area contributed by atoms with E-state index in [0.29, 0.717) is 25.9 Å². The molecule has 0 bridgehead atoms. The Labute approximate surface area is 506 Å². The second-order valence-corrected chi connectivity index (χ2v) is 25.3. The van der Waals surface area contributed by atoms with E-state index >= 15 is 0 Å². The highest BCUT2D eigenvalue weighted by Crippen LogP contribution is 2.19. The molecular weight excluding hydrogens is 995 g/mol. The first kappa shape index (κ1) is 79.1. The number of hydrogen-bond donors (Lipinski definition) is 3. The van der Waals surface area contributed by atoms with Gasteiger partial charge in [0.2, 0.25) is 5.91 Å². The number of esters is 1. The zero-order chi connectivity index (χ0) is 58.5. The fourth-order valence-corrected chi connectivity index (χ4v) is 11.5. The molecule has 0 saturated heterocycles. The van der Waals surface area contributed by atoms with Gasteiger partial charge in [-0.15, -0.1) is 0 Å². The van der Waals surface area contributed by atoms with Gasteiger partial charge in [0.05, 0.1) is 25.4 Å². The molecule has 0 fully saturated rings. The highest BCUT2D eigenvalue weighted by molar-refractivity contribution is 5.76. The van der Waals surface area contributed by atoms with Crippen LogP contribution in [0.5, 0.6) is 0 Å². The maximum absolute atomic E-state index is 12.5. The SMILES string of the molecule is CCCC/C=C\C/C=C\CCCCCCCC(=O)OCCCCCCCCCCCCCC/C=C\CCCCCCCCCCCCCCCCC(=O)NC(CO)C(O)CCCCCCCCCCCCCCCCCCCCCC. The van der Waals surface area contributed by atoms with Crippen LogP contribution in [0, 0.1) is 0 Å². The van der Waals surface area contributed by atoms with E-state index in [1.54, 1.807) is 0 Å². The minimum Gasteiger partial charge on any atom is -0.466 e. The molecule has 0 aromatic rings. The third-order valence-corrected chi connectivity index (χ3v) is 17.2. The smallest absolute Gasteiger partial charge is 0.305 e. The summed E-state index contributed by atoms with van der Waals surface area (Å²) in [5, 5.41) is 23.4. The zero-order valence-electron chi connectivity index (χ0n) is 54.8. The Kier molecular flexibility index (Phi) is 68.9. The van der Waals surface area contributed by atoms with E-state index < -0.39 is 12.1 Å². The summed E-state index contributed by atoms with van der Waals surface area (Å²) in [6.45, 7) is 4.94. The van der Waals surface area contributed by atoms with Crippen LogP contribution >= 0.6 is 0 Å². The predicted molar refractivity (Wildman–Crippen MR) is 356 cm³/mol. The zero-order valence-corrected chi connectivity index (χ0v) is 54.8. The topological polar surface area (TPSA) is 95.9 Å². The number of rotatable bonds is 69. The van der Waals surface area contributed by atoms with Crippen LogP contribution in [-0.4, -0.2) is 47.4 Å². The Morgan fingerprint density at radius 1 is 0.346 bits per heavy atom. The molecule has 0 aromatic carbocycles. The number of carbonyl (C=O) groups excluding carboxylic acids is 2. The molecular formula is C75H143NO5. The van der Waals surface area contributed by atoms with Gasteiger partial charge >= 0.3 is 5.97 Å². The predicted octanol–water partition coefficient (Wildman–Crippen LogP) is 23.9. The van der Waals surface area contributed by atoms with E-state index in [1.807, 2.05) is 0 Å². The summed E-state index contributed by atoms with van der Waals surface area (Å²) in [4.78, 5) is 24.6. The molecule has 0 saturated carbocycles. The van der Waals surface area contributed by atoms with Crippen molar-refractivity contribution >= 4 is 11.9 Å². The van der Waals surface area contributed by atoms with Gasteiger partial charge in [0, 0.05) is 12.8 Å². The highest BCUT2D eigenvalue weighted by atomic mass is 16.5. The second-order valence-electron chi connectivity index (χ2n) is 25.3. The van der Waals surface area contributed by atoms with Crippen LogP contribution in [0.2, 0.25) is 0 Å². The third-order valence-electron chi connectivity index (χ3n) is 17.2. The van der Waals surface area contributed by atoms with Gasteiger partial charge in [0.1, 0.15) is 0 Å². The van der Waals surface area contributed by atoms with Gasteiger partial charge in [-0.05, 0) is 77.0 Å². The molecule has 6 nitrogen and oxygen atoms in total. The molecule has 2 atom stereocenters. The van der Waals surface area contributed by atoms with Crippen molar-refractivity contribution in [3.8, 4) is 0 Å². The Bertz CT molecular complexity index is 1310. The molecule has 0 aliphatic carbocycles. The van der Waals surface area contributed by atoms with Crippen molar-refractivity contribution < 1.29 is 24.5 Å². The van der Waals surface area contributed by atoms with Crippen LogP contribution in [0.1, 0.15) is 406 Å². The summed E-state index contributed by atoms with van der Waals surface area (Å²) in [6, 6.07) is -0.541. The monoisotopic (exact) mass is 1140 g/mol. The molecule has 2 unspecified atom stereocenters. The first-order valence-electron chi connectivity index (χ1n) is 36.7. The first-order chi connectivity index (χ1) is 40.0. The largest absolute Gasteiger partial charge is 0.466 e. The van der Waals surface area contributed by atoms with E-state index in [0.717, 1.165) is 51.4 Å². The number of allylic oxidation sites excluding steroid dienone is 6. The van der Waals surface area contributed by atoms with Gasteiger partial charge in [-0.1, -0.05) is 352 Å². The summed E-state index contributed by atoms with van der Waals surface area (Å²) in [5.74, 6) is -0.0264. The molecule has 478 valence electrons. The third kappa shape index (κ3) is 67.1. The summed E-state index contributed by atoms with van der Waals surface area (Å²) in [7, 11) is 0. The minimum absolute atomic E-state index is 0.00292. The molecule has 0 heterocycles. The van der Waals surface area contributed by atoms with Crippen LogP contribution in [-0.2, 0) is 14.3 Å². The van der Waals surface area contributed by atoms with Crippen LogP contribution in [0.15, 0.2) is 36.5 Å². The minimum atomic E-state index is -0.664. The molecule has 0 aliphatic rings. The van der Waals surface area contributed by atoms with Crippen LogP contribution < -0.4 is 5.32 Å². The normalized spacial score (nSPS) is 12.7. The van der Waals surface area contributed by atoms with Crippen molar-refractivity contribution in [3.63, 3.8) is 0 Å². The van der Waals surface area contributed by atoms with E-state index in [4.69, 9.17) is 4.74 Å². The van der Waals surface area contributed by atoms with Crippen molar-refractivity contribution in [2.45, 2.75) is 418 Å². The van der Waals surface area contributed by atoms with E-state index in [2.05, 4.69) is 55.6 Å². The summed E-state index contributed by atoms with van der Waals surface area (Å²) in [6.07, 6.45) is 90.6. The van der Waals surface area contributed by atoms with Gasteiger partial charge in [-0.25, -0.2) is 0 Å².